The van der Waals surface area contributed by atoms with E-state index in [0.29, 0.717) is 0 Å². The molecule has 1 saturated heterocycles. The lowest BCUT2D eigenvalue weighted by molar-refractivity contribution is -0.155. The Hall–Kier alpha value is -1.59. The molecule has 6 nitrogen and oxygen atoms in total. The summed E-state index contributed by atoms with van der Waals surface area (Å²) in [6.07, 6.45) is 0. The van der Waals surface area contributed by atoms with Gasteiger partial charge in [-0.15, -0.1) is 0 Å². The van der Waals surface area contributed by atoms with Crippen molar-refractivity contribution in [1.82, 2.24) is 10.2 Å². The van der Waals surface area contributed by atoms with Gasteiger partial charge in [-0.25, -0.2) is 4.79 Å². The minimum Gasteiger partial charge on any atom is -0.464 e. The molecular weight excluding hydrogens is 188 g/mol. The maximum absolute atomic E-state index is 11.2. The molecule has 1 N–H and O–H groups in total. The molecular formula is C8H12N2O4. The Morgan fingerprint density at radius 3 is 2.79 bits per heavy atom. The van der Waals surface area contributed by atoms with Crippen LogP contribution in [0, 0.1) is 0 Å². The lowest BCUT2D eigenvalue weighted by Crippen LogP contribution is -2.59. The van der Waals surface area contributed by atoms with Gasteiger partial charge in [0.25, 0.3) is 0 Å². The summed E-state index contributed by atoms with van der Waals surface area (Å²) in [7, 11) is 1.47. The monoisotopic (exact) mass is 200 g/mol. The molecule has 0 aromatic heterocycles. The number of ether oxygens (including phenoxy) is 1. The number of esters is 1. The first-order chi connectivity index (χ1) is 6.56. The first-order valence-corrected chi connectivity index (χ1v) is 4.28. The quantitative estimate of drug-likeness (QED) is 0.435. The van der Waals surface area contributed by atoms with Gasteiger partial charge in [-0.05, 0) is 6.92 Å². The number of carbonyl (C=O) groups excluding carboxylic acids is 3. The SMILES string of the molecule is CCOC(=O)[C@@H]1CN(C)C(=O)C(=O)N1. The molecule has 0 aromatic carbocycles. The van der Waals surface area contributed by atoms with Crippen molar-refractivity contribution in [1.29, 1.82) is 0 Å². The molecule has 0 aliphatic carbocycles. The molecule has 0 bridgehead atoms. The standard InChI is InChI=1S/C8H12N2O4/c1-3-14-8(13)5-4-10(2)7(12)6(11)9-5/h5H,3-4H2,1-2H3,(H,9,11)/t5-/m0/s1. The lowest BCUT2D eigenvalue weighted by atomic mass is 10.2. The van der Waals surface area contributed by atoms with E-state index in [-0.39, 0.29) is 13.2 Å². The second-order valence-electron chi connectivity index (χ2n) is 2.96. The molecule has 1 fully saturated rings. The summed E-state index contributed by atoms with van der Waals surface area (Å²) < 4.78 is 4.72. The normalized spacial score (nSPS) is 21.9. The summed E-state index contributed by atoms with van der Waals surface area (Å²) in [5.41, 5.74) is 0. The maximum Gasteiger partial charge on any atom is 0.330 e. The number of amides is 2. The minimum absolute atomic E-state index is 0.156. The second kappa shape index (κ2) is 4.08. The second-order valence-corrected chi connectivity index (χ2v) is 2.96. The van der Waals surface area contributed by atoms with Crippen LogP contribution in [0.1, 0.15) is 6.92 Å². The van der Waals surface area contributed by atoms with Crippen molar-refractivity contribution in [2.45, 2.75) is 13.0 Å². The number of hydrogen-bond donors (Lipinski definition) is 1. The van der Waals surface area contributed by atoms with Gasteiger partial charge >= 0.3 is 17.8 Å². The fourth-order valence-corrected chi connectivity index (χ4v) is 1.17. The van der Waals surface area contributed by atoms with Crippen molar-refractivity contribution < 1.29 is 19.1 Å². The Kier molecular flexibility index (Phi) is 3.06. The summed E-state index contributed by atoms with van der Waals surface area (Å²) in [4.78, 5) is 34.4. The van der Waals surface area contributed by atoms with Crippen LogP contribution in [-0.4, -0.2) is 48.9 Å². The number of carbonyl (C=O) groups is 3. The molecule has 1 atom stereocenters. The van der Waals surface area contributed by atoms with Crippen LogP contribution in [-0.2, 0) is 19.1 Å². The average Bonchev–Trinajstić information content (AvgIpc) is 2.13. The van der Waals surface area contributed by atoms with E-state index in [2.05, 4.69) is 5.32 Å². The van der Waals surface area contributed by atoms with E-state index in [1.807, 2.05) is 0 Å². The van der Waals surface area contributed by atoms with Crippen LogP contribution in [0.5, 0.6) is 0 Å². The molecule has 6 heteroatoms. The predicted molar refractivity (Wildman–Crippen MR) is 46.2 cm³/mol. The fourth-order valence-electron chi connectivity index (χ4n) is 1.17. The van der Waals surface area contributed by atoms with Crippen LogP contribution in [0.15, 0.2) is 0 Å². The lowest BCUT2D eigenvalue weighted by Gasteiger charge is -2.28. The zero-order valence-corrected chi connectivity index (χ0v) is 8.07. The van der Waals surface area contributed by atoms with Crippen LogP contribution in [0.25, 0.3) is 0 Å². The number of nitrogens with one attached hydrogen (secondary N) is 1. The van der Waals surface area contributed by atoms with E-state index in [4.69, 9.17) is 4.74 Å². The number of hydrogen-bond acceptors (Lipinski definition) is 4. The van der Waals surface area contributed by atoms with Crippen molar-refractivity contribution >= 4 is 17.8 Å². The fraction of sp³-hybridized carbons (Fsp3) is 0.625. The highest BCUT2D eigenvalue weighted by Crippen LogP contribution is 2.00. The third-order valence-corrected chi connectivity index (χ3v) is 1.87. The van der Waals surface area contributed by atoms with Gasteiger partial charge in [-0.3, -0.25) is 9.59 Å². The summed E-state index contributed by atoms with van der Waals surface area (Å²) >= 11 is 0. The number of likely N-dealkylation sites (N-methyl/N-ethyl adjacent to an activating group) is 1. The van der Waals surface area contributed by atoms with E-state index in [9.17, 15) is 14.4 Å². The number of nitrogens with zero attached hydrogens (tertiary/aromatic N) is 1. The molecule has 0 aromatic rings. The molecule has 0 spiro atoms. The molecule has 78 valence electrons. The van der Waals surface area contributed by atoms with Crippen molar-refractivity contribution in [2.24, 2.45) is 0 Å². The Morgan fingerprint density at radius 1 is 1.64 bits per heavy atom. The topological polar surface area (TPSA) is 75.7 Å². The molecule has 2 amide bonds. The Labute approximate surface area is 81.2 Å². The first kappa shape index (κ1) is 10.5. The molecule has 0 unspecified atom stereocenters. The average molecular weight is 200 g/mol. The third-order valence-electron chi connectivity index (χ3n) is 1.87. The van der Waals surface area contributed by atoms with Gasteiger partial charge in [-0.1, -0.05) is 0 Å². The van der Waals surface area contributed by atoms with Crippen LogP contribution < -0.4 is 5.32 Å². The van der Waals surface area contributed by atoms with Crippen LogP contribution >= 0.6 is 0 Å². The minimum atomic E-state index is -0.767. The molecule has 14 heavy (non-hydrogen) atoms. The van der Waals surface area contributed by atoms with Gasteiger partial charge in [-0.2, -0.15) is 0 Å². The van der Waals surface area contributed by atoms with Crippen LogP contribution in [0.4, 0.5) is 0 Å². The van der Waals surface area contributed by atoms with Gasteiger partial charge < -0.3 is 15.0 Å². The Balaban J connectivity index is 2.62. The largest absolute Gasteiger partial charge is 0.464 e. The highest BCUT2D eigenvalue weighted by molar-refractivity contribution is 6.36. The maximum atomic E-state index is 11.2. The number of rotatable bonds is 2. The van der Waals surface area contributed by atoms with Gasteiger partial charge in [0.1, 0.15) is 6.04 Å². The highest BCUT2D eigenvalue weighted by atomic mass is 16.5. The highest BCUT2D eigenvalue weighted by Gasteiger charge is 2.34. The first-order valence-electron chi connectivity index (χ1n) is 4.28. The van der Waals surface area contributed by atoms with Crippen molar-refractivity contribution in [3.63, 3.8) is 0 Å². The van der Waals surface area contributed by atoms with E-state index in [0.717, 1.165) is 0 Å². The molecule has 0 radical (unpaired) electrons. The summed E-state index contributed by atoms with van der Waals surface area (Å²) in [5.74, 6) is -1.91. The summed E-state index contributed by atoms with van der Waals surface area (Å²) in [6.45, 7) is 2.09. The third kappa shape index (κ3) is 2.01. The zero-order valence-electron chi connectivity index (χ0n) is 8.07. The Bertz CT molecular complexity index is 277. The van der Waals surface area contributed by atoms with E-state index in [1.165, 1.54) is 11.9 Å². The smallest absolute Gasteiger partial charge is 0.330 e. The van der Waals surface area contributed by atoms with Gasteiger partial charge in [0.05, 0.1) is 13.2 Å². The molecule has 1 aliphatic rings. The molecule has 1 aliphatic heterocycles. The van der Waals surface area contributed by atoms with Crippen molar-refractivity contribution in [2.75, 3.05) is 20.2 Å². The number of piperazine rings is 1. The van der Waals surface area contributed by atoms with Crippen LogP contribution in [0.2, 0.25) is 0 Å². The van der Waals surface area contributed by atoms with E-state index < -0.39 is 23.8 Å². The van der Waals surface area contributed by atoms with E-state index in [1.54, 1.807) is 6.92 Å². The van der Waals surface area contributed by atoms with Crippen molar-refractivity contribution in [3.8, 4) is 0 Å². The molecule has 1 rings (SSSR count). The van der Waals surface area contributed by atoms with Crippen LogP contribution in [0.3, 0.4) is 0 Å². The van der Waals surface area contributed by atoms with Gasteiger partial charge in [0, 0.05) is 7.05 Å². The van der Waals surface area contributed by atoms with E-state index >= 15 is 0 Å². The van der Waals surface area contributed by atoms with Gasteiger partial charge in [0.2, 0.25) is 0 Å². The molecule has 1 heterocycles. The Morgan fingerprint density at radius 2 is 2.29 bits per heavy atom. The zero-order chi connectivity index (χ0) is 10.7. The summed E-state index contributed by atoms with van der Waals surface area (Å²) in [5, 5.41) is 2.28. The summed E-state index contributed by atoms with van der Waals surface area (Å²) in [6, 6.07) is -0.745. The van der Waals surface area contributed by atoms with Crippen molar-refractivity contribution in [3.05, 3.63) is 0 Å². The van der Waals surface area contributed by atoms with Gasteiger partial charge in [0.15, 0.2) is 0 Å². The predicted octanol–water partition coefficient (Wildman–Crippen LogP) is -1.49. The molecule has 0 saturated carbocycles.